The number of halogens is 2. The Morgan fingerprint density at radius 1 is 0.727 bits per heavy atom. The number of carbonyl (C=O) groups excluding carboxylic acids is 8. The molecule has 2 fully saturated rings. The number of phenols is 3. The molecular formula is C65H73Cl2N9O23. The van der Waals surface area contributed by atoms with Crippen molar-refractivity contribution in [2.24, 2.45) is 23.1 Å². The molecule has 10 unspecified atom stereocenters. The van der Waals surface area contributed by atoms with Crippen LogP contribution >= 0.6 is 23.2 Å². The van der Waals surface area contributed by atoms with E-state index in [9.17, 15) is 69.9 Å². The number of hydrogen-bond acceptors (Lipinski definition) is 25. The predicted octanol–water partition coefficient (Wildman–Crippen LogP) is -0.0402. The zero-order valence-corrected chi connectivity index (χ0v) is 54.5. The molecule has 0 aliphatic carbocycles. The van der Waals surface area contributed by atoms with Crippen LogP contribution in [0.25, 0.3) is 11.1 Å². The molecule has 7 heterocycles. The van der Waals surface area contributed by atoms with Crippen molar-refractivity contribution in [3.05, 3.63) is 117 Å². The maximum Gasteiger partial charge on any atom is 0.248 e. The van der Waals surface area contributed by atoms with E-state index in [1.807, 2.05) is 0 Å². The second-order valence-electron chi connectivity index (χ2n) is 25.3. The maximum absolute atomic E-state index is 16.0. The lowest BCUT2D eigenvalue weighted by Gasteiger charge is -2.47. The van der Waals surface area contributed by atoms with E-state index in [1.54, 1.807) is 13.8 Å². The fourth-order valence-electron chi connectivity index (χ4n) is 12.2. The van der Waals surface area contributed by atoms with Crippen LogP contribution in [0.15, 0.2) is 78.9 Å². The first-order valence-corrected chi connectivity index (χ1v) is 31.8. The summed E-state index contributed by atoms with van der Waals surface area (Å²) < 4.78 is 38.3. The van der Waals surface area contributed by atoms with Crippen LogP contribution in [0.3, 0.4) is 0 Å². The summed E-state index contributed by atoms with van der Waals surface area (Å²) in [5, 5.41) is 117. The zero-order valence-electron chi connectivity index (χ0n) is 53.0. The fourth-order valence-corrected chi connectivity index (χ4v) is 12.7. The SMILES string of the molecule is CC(C)C[C@@H](N)C(=O)N[C@H]1C(=O)N[C@@H](CC(N)=O)C(=O)N[C@H]2C(=O)N[C@H]3C(=O)NC(C(=O)N[C@H](C=O)c4cc(O)cc(O)c4-c4cc3ccc4O)[C@H](O)c3ccc(c(Cl)c3)Oc3cc2cc(c3OC2OC(CO)C(O)C(O)C2OC2CC(C)(N)C(O)C(C)O2)Oc2ccc(cc2Cl)[C@H]1O. The Kier molecular flexibility index (Phi) is 21.6. The van der Waals surface area contributed by atoms with Crippen LogP contribution in [0.1, 0.15) is 105 Å². The van der Waals surface area contributed by atoms with Gasteiger partial charge in [-0.15, -0.1) is 0 Å². The van der Waals surface area contributed by atoms with Crippen molar-refractivity contribution in [1.82, 2.24) is 31.9 Å². The van der Waals surface area contributed by atoms with Crippen molar-refractivity contribution in [3.63, 3.8) is 0 Å². The highest BCUT2D eigenvalue weighted by atomic mass is 35.5. The Hall–Kier alpha value is -9.00. The van der Waals surface area contributed by atoms with Crippen molar-refractivity contribution in [3.8, 4) is 57.1 Å². The van der Waals surface area contributed by atoms with Gasteiger partial charge in [0.05, 0.1) is 41.3 Å². The number of rotatable bonds is 12. The predicted molar refractivity (Wildman–Crippen MR) is 343 cm³/mol. The van der Waals surface area contributed by atoms with Gasteiger partial charge in [-0.2, -0.15) is 0 Å². The standard InChI is InChI=1S/C65H73Cl2N9O23/c1-23(2)11-34(68)58(88)75-49-51(83)26-6-9-39(32(66)13-26)95-41-15-28-16-42(55(41)99-64-56(54(86)53(85)43(22-78)97-64)98-45-20-65(4,70)57(87)24(3)94-45)96-40-10-7-27(14-33(40)67)52(84)50-63(93)72-36(21-77)30-17-29(79)18-38(81)46(30)31-12-25(5-8-37(31)80)47(60(90)76-50)74-61(91)48(28)73-59(89)35(19-44(69)82)71-62(49)92/h5-10,12-18,21,23-24,34-36,43,45,47-54,56-57,64,78-81,83-87H,11,19-20,22,68,70H2,1-4H3,(H2,69,82)(H,71,92)(H,72,93)(H,73,89)(H,74,91)(H,75,88)(H,76,90)/t24?,34-,35+,36-,43?,45?,47-,48-,49-,50?,51-,52-,53?,54?,56?,57?,64?,65?/m1/s1. The van der Waals surface area contributed by atoms with Gasteiger partial charge in [-0.1, -0.05) is 55.2 Å². The minimum absolute atomic E-state index is 0.0827. The van der Waals surface area contributed by atoms with Gasteiger partial charge in [-0.25, -0.2) is 0 Å². The van der Waals surface area contributed by atoms with Gasteiger partial charge in [0.1, 0.15) is 102 Å². The molecule has 7 aliphatic rings. The Morgan fingerprint density at radius 3 is 1.93 bits per heavy atom. The number of nitrogens with one attached hydrogen (secondary N) is 6. The zero-order chi connectivity index (χ0) is 72.0. The summed E-state index contributed by atoms with van der Waals surface area (Å²) in [4.78, 5) is 116. The average Bonchev–Trinajstić information content (AvgIpc) is 0.772. The van der Waals surface area contributed by atoms with Gasteiger partial charge in [0.15, 0.2) is 23.9 Å². The van der Waals surface area contributed by atoms with E-state index in [0.29, 0.717) is 0 Å². The van der Waals surface area contributed by atoms with Gasteiger partial charge in [0.2, 0.25) is 53.4 Å². The van der Waals surface area contributed by atoms with E-state index in [1.165, 1.54) is 32.0 Å². The van der Waals surface area contributed by atoms with Gasteiger partial charge in [0, 0.05) is 29.2 Å². The van der Waals surface area contributed by atoms with E-state index in [0.717, 1.165) is 60.7 Å². The minimum atomic E-state index is -2.32. The molecule has 0 saturated carbocycles. The number of amides is 7. The normalized spacial score (nSPS) is 29.8. The molecule has 5 aromatic rings. The fraction of sp³-hybridized carbons (Fsp3) is 0.415. The third-order valence-corrected chi connectivity index (χ3v) is 18.0. The molecule has 5 aromatic carbocycles. The first kappa shape index (κ1) is 72.7. The quantitative estimate of drug-likeness (QED) is 0.0729. The summed E-state index contributed by atoms with van der Waals surface area (Å²) in [6.45, 7) is 5.57. The molecule has 12 rings (SSSR count). The molecule has 18 atom stereocenters. The van der Waals surface area contributed by atoms with Crippen LogP contribution in [-0.2, 0) is 52.6 Å². The molecule has 99 heavy (non-hydrogen) atoms. The Bertz CT molecular complexity index is 4000. The third-order valence-electron chi connectivity index (χ3n) is 17.4. The number of benzene rings is 5. The highest BCUT2D eigenvalue weighted by molar-refractivity contribution is 6.32. The second kappa shape index (κ2) is 29.4. The van der Waals surface area contributed by atoms with Crippen LogP contribution in [0.4, 0.5) is 0 Å². The molecule has 0 spiro atoms. The number of nitrogens with two attached hydrogens (primary N) is 3. The largest absolute Gasteiger partial charge is 0.508 e. The van der Waals surface area contributed by atoms with Crippen LogP contribution in [0.2, 0.25) is 10.0 Å². The number of ether oxygens (including phenoxy) is 6. The summed E-state index contributed by atoms with van der Waals surface area (Å²) in [5.41, 5.74) is 14.8. The average molecular weight is 1420 g/mol. The summed E-state index contributed by atoms with van der Waals surface area (Å²) in [6.07, 6.45) is -18.3. The second-order valence-corrected chi connectivity index (χ2v) is 26.1. The maximum atomic E-state index is 16.0. The molecule has 0 aromatic heterocycles. The lowest BCUT2D eigenvalue weighted by Crippen LogP contribution is -2.64. The Labute approximate surface area is 572 Å². The van der Waals surface area contributed by atoms with Crippen LogP contribution in [-0.4, -0.2) is 179 Å². The monoisotopic (exact) mass is 1420 g/mol. The molecule has 34 heteroatoms. The number of aromatic hydroxyl groups is 3. The molecule has 7 aliphatic heterocycles. The van der Waals surface area contributed by atoms with Crippen LogP contribution in [0, 0.1) is 5.92 Å². The van der Waals surface area contributed by atoms with E-state index in [-0.39, 0.29) is 69.4 Å². The van der Waals surface area contributed by atoms with E-state index < -0.39 is 214 Å². The van der Waals surface area contributed by atoms with E-state index in [4.69, 9.17) is 68.8 Å². The molecule has 2 saturated heterocycles. The number of aldehydes is 1. The number of fused-ring (bicyclic) bond motifs is 15. The van der Waals surface area contributed by atoms with Crippen molar-refractivity contribution in [2.45, 2.75) is 156 Å². The number of phenolic OH excluding ortho intramolecular Hbond substituents is 3. The third kappa shape index (κ3) is 15.4. The van der Waals surface area contributed by atoms with Crippen molar-refractivity contribution >= 4 is 70.8 Å². The van der Waals surface area contributed by atoms with Gasteiger partial charge in [-0.3, -0.25) is 33.6 Å². The van der Waals surface area contributed by atoms with Gasteiger partial charge < -0.3 is 128 Å². The van der Waals surface area contributed by atoms with Crippen molar-refractivity contribution in [2.75, 3.05) is 6.61 Å². The highest BCUT2D eigenvalue weighted by Crippen LogP contribution is 2.50. The molecule has 11 bridgehead atoms. The highest BCUT2D eigenvalue weighted by Gasteiger charge is 2.51. The molecule has 0 radical (unpaired) electrons. The number of aliphatic hydroxyl groups excluding tert-OH is 6. The van der Waals surface area contributed by atoms with Crippen LogP contribution < -0.4 is 63.3 Å². The van der Waals surface area contributed by atoms with E-state index in [2.05, 4.69) is 31.9 Å². The van der Waals surface area contributed by atoms with Crippen molar-refractivity contribution < 1.29 is 113 Å². The van der Waals surface area contributed by atoms with Crippen LogP contribution in [0.5, 0.6) is 46.0 Å². The Balaban J connectivity index is 1.24. The van der Waals surface area contributed by atoms with Gasteiger partial charge in [0.25, 0.3) is 0 Å². The molecular weight excluding hydrogens is 1350 g/mol. The van der Waals surface area contributed by atoms with Crippen molar-refractivity contribution in [1.29, 1.82) is 0 Å². The molecule has 21 N–H and O–H groups in total. The summed E-state index contributed by atoms with van der Waals surface area (Å²) in [7, 11) is 0. The first-order valence-electron chi connectivity index (χ1n) is 31.0. The topological polar surface area (TPSA) is 524 Å². The molecule has 530 valence electrons. The van der Waals surface area contributed by atoms with Gasteiger partial charge >= 0.3 is 0 Å². The molecule has 32 nitrogen and oxygen atoms in total. The summed E-state index contributed by atoms with van der Waals surface area (Å²) in [6, 6.07) is 0.0757. The lowest BCUT2D eigenvalue weighted by molar-refractivity contribution is -0.333. The lowest BCUT2D eigenvalue weighted by atomic mass is 9.86. The first-order chi connectivity index (χ1) is 46.7. The number of primary amides is 1. The minimum Gasteiger partial charge on any atom is -0.508 e. The number of hydrogen-bond donors (Lipinski definition) is 18. The summed E-state index contributed by atoms with van der Waals surface area (Å²) in [5.74, 6) is -13.8. The Morgan fingerprint density at radius 2 is 1.33 bits per heavy atom. The summed E-state index contributed by atoms with van der Waals surface area (Å²) >= 11 is 14.1. The molecule has 7 amide bonds. The van der Waals surface area contributed by atoms with E-state index >= 15 is 14.4 Å². The van der Waals surface area contributed by atoms with Gasteiger partial charge in [-0.05, 0) is 109 Å². The number of carbonyl (C=O) groups is 8. The smallest absolute Gasteiger partial charge is 0.248 e. The number of aliphatic hydroxyl groups is 6.